The van der Waals surface area contributed by atoms with E-state index in [1.165, 1.54) is 23.3 Å². The molecule has 0 amide bonds. The van der Waals surface area contributed by atoms with Crippen molar-refractivity contribution in [2.75, 3.05) is 13.1 Å². The fraction of sp³-hybridized carbons (Fsp3) is 0.273. The number of likely N-dealkylation sites (tertiary alicyclic amines) is 1. The molecule has 1 saturated heterocycles. The molecule has 26 heavy (non-hydrogen) atoms. The number of rotatable bonds is 2. The first-order chi connectivity index (χ1) is 12.6. The molecule has 2 aromatic carbocycles. The molecule has 1 fully saturated rings. The summed E-state index contributed by atoms with van der Waals surface area (Å²) in [5.41, 5.74) is 3.50. The zero-order valence-corrected chi connectivity index (χ0v) is 14.7. The van der Waals surface area contributed by atoms with Crippen LogP contribution in [0.2, 0.25) is 0 Å². The number of hydrogen-bond donors (Lipinski definition) is 1. The first-order valence-electron chi connectivity index (χ1n) is 8.99. The highest BCUT2D eigenvalue weighted by atomic mass is 16.3. The number of aromatic hydroxyl groups is 1. The highest BCUT2D eigenvalue weighted by Gasteiger charge is 2.33. The van der Waals surface area contributed by atoms with Crippen molar-refractivity contribution in [2.24, 2.45) is 0 Å². The number of phenols is 1. The van der Waals surface area contributed by atoms with Crippen LogP contribution in [0, 0.1) is 6.92 Å². The van der Waals surface area contributed by atoms with Gasteiger partial charge in [0.15, 0.2) is 5.78 Å². The Kier molecular flexibility index (Phi) is 4.11. The molecular formula is C22H21NO3. The second kappa shape index (κ2) is 6.45. The molecule has 0 saturated carbocycles. The van der Waals surface area contributed by atoms with Crippen LogP contribution >= 0.6 is 0 Å². The Hall–Kier alpha value is -2.88. The minimum absolute atomic E-state index is 0.124. The van der Waals surface area contributed by atoms with Gasteiger partial charge in [-0.3, -0.25) is 9.59 Å². The fourth-order valence-corrected chi connectivity index (χ4v) is 4.09. The Bertz CT molecular complexity index is 921. The van der Waals surface area contributed by atoms with Crippen LogP contribution in [0.5, 0.6) is 5.75 Å². The van der Waals surface area contributed by atoms with Gasteiger partial charge in [0.2, 0.25) is 5.78 Å². The maximum absolute atomic E-state index is 12.9. The molecule has 0 bridgehead atoms. The van der Waals surface area contributed by atoms with Crippen molar-refractivity contribution in [3.05, 3.63) is 76.5 Å². The zero-order chi connectivity index (χ0) is 18.3. The van der Waals surface area contributed by atoms with Gasteiger partial charge in [-0.15, -0.1) is 0 Å². The first kappa shape index (κ1) is 16.6. The topological polar surface area (TPSA) is 57.6 Å². The average molecular weight is 347 g/mol. The zero-order valence-electron chi connectivity index (χ0n) is 14.7. The predicted octanol–water partition coefficient (Wildman–Crippen LogP) is 3.84. The summed E-state index contributed by atoms with van der Waals surface area (Å²) in [4.78, 5) is 27.3. The molecule has 0 spiro atoms. The molecule has 4 nitrogen and oxygen atoms in total. The van der Waals surface area contributed by atoms with Crippen molar-refractivity contribution >= 4 is 11.6 Å². The molecule has 0 atom stereocenters. The Morgan fingerprint density at radius 3 is 2.46 bits per heavy atom. The number of phenolic OH excluding ortho intramolecular Hbond substituents is 1. The Labute approximate surface area is 152 Å². The van der Waals surface area contributed by atoms with E-state index in [-0.39, 0.29) is 28.4 Å². The molecule has 1 aliphatic heterocycles. The number of benzene rings is 2. The summed E-state index contributed by atoms with van der Waals surface area (Å²) in [5.74, 6) is -0.122. The third-order valence-electron chi connectivity index (χ3n) is 5.50. The maximum Gasteiger partial charge on any atom is 0.213 e. The quantitative estimate of drug-likeness (QED) is 0.897. The number of aryl methyl sites for hydroxylation is 1. The van der Waals surface area contributed by atoms with Gasteiger partial charge in [0.1, 0.15) is 5.75 Å². The van der Waals surface area contributed by atoms with E-state index in [0.717, 1.165) is 25.9 Å². The van der Waals surface area contributed by atoms with Crippen LogP contribution in [-0.2, 0) is 0 Å². The molecule has 1 heterocycles. The van der Waals surface area contributed by atoms with Crippen LogP contribution in [0.1, 0.15) is 50.6 Å². The summed E-state index contributed by atoms with van der Waals surface area (Å²) < 4.78 is 0. The van der Waals surface area contributed by atoms with Gasteiger partial charge in [-0.1, -0.05) is 36.4 Å². The van der Waals surface area contributed by atoms with E-state index < -0.39 is 0 Å². The van der Waals surface area contributed by atoms with Crippen molar-refractivity contribution in [3.63, 3.8) is 0 Å². The van der Waals surface area contributed by atoms with Gasteiger partial charge in [0.25, 0.3) is 0 Å². The highest BCUT2D eigenvalue weighted by molar-refractivity contribution is 6.25. The van der Waals surface area contributed by atoms with Crippen molar-refractivity contribution < 1.29 is 14.7 Å². The minimum atomic E-state index is -0.257. The van der Waals surface area contributed by atoms with Crippen LogP contribution in [0.3, 0.4) is 0 Å². The van der Waals surface area contributed by atoms with Crippen LogP contribution in [-0.4, -0.2) is 34.7 Å². The summed E-state index contributed by atoms with van der Waals surface area (Å²) in [6.07, 6.45) is 3.31. The molecule has 2 aromatic rings. The number of allylic oxidation sites excluding steroid dienone is 2. The van der Waals surface area contributed by atoms with E-state index >= 15 is 0 Å². The van der Waals surface area contributed by atoms with Crippen LogP contribution in [0.4, 0.5) is 0 Å². The van der Waals surface area contributed by atoms with Crippen molar-refractivity contribution in [1.82, 2.24) is 4.90 Å². The van der Waals surface area contributed by atoms with Crippen molar-refractivity contribution in [3.8, 4) is 5.75 Å². The van der Waals surface area contributed by atoms with E-state index in [1.54, 1.807) is 12.1 Å². The van der Waals surface area contributed by atoms with Gasteiger partial charge in [0.05, 0.1) is 11.3 Å². The summed E-state index contributed by atoms with van der Waals surface area (Å²) in [6, 6.07) is 13.1. The molecule has 0 unspecified atom stereocenters. The Morgan fingerprint density at radius 1 is 1.00 bits per heavy atom. The van der Waals surface area contributed by atoms with Gasteiger partial charge in [0, 0.05) is 24.7 Å². The van der Waals surface area contributed by atoms with Crippen LogP contribution in [0.15, 0.2) is 54.2 Å². The van der Waals surface area contributed by atoms with Crippen molar-refractivity contribution in [2.45, 2.75) is 25.7 Å². The number of nitrogens with zero attached hydrogens (tertiary/aromatic N) is 1. The summed E-state index contributed by atoms with van der Waals surface area (Å²) in [7, 11) is 0. The second-order valence-electron chi connectivity index (χ2n) is 7.04. The molecule has 0 radical (unpaired) electrons. The lowest BCUT2D eigenvalue weighted by molar-refractivity contribution is 0.0938. The molecule has 132 valence electrons. The summed E-state index contributed by atoms with van der Waals surface area (Å²) in [6.45, 7) is 3.59. The van der Waals surface area contributed by atoms with Gasteiger partial charge in [-0.25, -0.2) is 0 Å². The van der Waals surface area contributed by atoms with Crippen LogP contribution in [0.25, 0.3) is 0 Å². The van der Waals surface area contributed by atoms with E-state index in [2.05, 4.69) is 31.2 Å². The number of ketones is 2. The summed E-state index contributed by atoms with van der Waals surface area (Å²) in [5, 5.41) is 10.1. The highest BCUT2D eigenvalue weighted by Crippen LogP contribution is 2.35. The predicted molar refractivity (Wildman–Crippen MR) is 99.6 cm³/mol. The van der Waals surface area contributed by atoms with Gasteiger partial charge >= 0.3 is 0 Å². The molecule has 4 rings (SSSR count). The normalized spacial score (nSPS) is 17.9. The van der Waals surface area contributed by atoms with E-state index in [1.807, 2.05) is 4.90 Å². The van der Waals surface area contributed by atoms with Gasteiger partial charge < -0.3 is 10.0 Å². The minimum Gasteiger partial charge on any atom is -0.507 e. The molecular weight excluding hydrogens is 326 g/mol. The number of fused-ring (bicyclic) bond motifs is 1. The van der Waals surface area contributed by atoms with Gasteiger partial charge in [-0.05, 0) is 42.9 Å². The average Bonchev–Trinajstić information content (AvgIpc) is 2.65. The van der Waals surface area contributed by atoms with E-state index in [0.29, 0.717) is 11.6 Å². The summed E-state index contributed by atoms with van der Waals surface area (Å²) >= 11 is 0. The number of piperidine rings is 1. The SMILES string of the molecule is Cc1ccccc1C1CCN(C2=CC(=O)c3cccc(O)c3C2=O)CC1. The van der Waals surface area contributed by atoms with Crippen LogP contribution < -0.4 is 0 Å². The molecule has 4 heteroatoms. The number of carbonyl (C=O) groups excluding carboxylic acids is 2. The smallest absolute Gasteiger partial charge is 0.213 e. The lowest BCUT2D eigenvalue weighted by atomic mass is 9.85. The molecule has 1 aliphatic carbocycles. The Morgan fingerprint density at radius 2 is 1.73 bits per heavy atom. The lowest BCUT2D eigenvalue weighted by Gasteiger charge is -2.36. The number of carbonyl (C=O) groups is 2. The van der Waals surface area contributed by atoms with Gasteiger partial charge in [-0.2, -0.15) is 0 Å². The lowest BCUT2D eigenvalue weighted by Crippen LogP contribution is -2.37. The van der Waals surface area contributed by atoms with E-state index in [9.17, 15) is 14.7 Å². The van der Waals surface area contributed by atoms with E-state index in [4.69, 9.17) is 0 Å². The second-order valence-corrected chi connectivity index (χ2v) is 7.04. The third-order valence-corrected chi connectivity index (χ3v) is 5.50. The molecule has 1 N–H and O–H groups in total. The molecule has 0 aromatic heterocycles. The standard InChI is InChI=1S/C22H21NO3/c1-14-5-2-3-6-16(14)15-9-11-23(12-10-15)18-13-20(25)17-7-4-8-19(24)21(17)22(18)26/h2-8,13,15,24H,9-12H2,1H3. The molecule has 2 aliphatic rings. The Balaban J connectivity index is 1.55. The number of Topliss-reactive ketones (excluding diaryl/α,β-unsaturated/α-hetero) is 1. The monoisotopic (exact) mass is 347 g/mol. The largest absolute Gasteiger partial charge is 0.507 e. The first-order valence-corrected chi connectivity index (χ1v) is 8.99. The maximum atomic E-state index is 12.9. The number of hydrogen-bond acceptors (Lipinski definition) is 4. The fourth-order valence-electron chi connectivity index (χ4n) is 4.09. The third kappa shape index (κ3) is 2.71. The van der Waals surface area contributed by atoms with Crippen molar-refractivity contribution in [1.29, 1.82) is 0 Å².